The molecule has 1 aliphatic rings. The van der Waals surface area contributed by atoms with Crippen LogP contribution in [0, 0.1) is 12.8 Å². The molecule has 1 aromatic carbocycles. The van der Waals surface area contributed by atoms with Crippen LogP contribution in [-0.4, -0.2) is 17.4 Å². The third kappa shape index (κ3) is 2.78. The van der Waals surface area contributed by atoms with E-state index in [0.29, 0.717) is 11.4 Å². The number of rotatable bonds is 3. The van der Waals surface area contributed by atoms with E-state index in [1.54, 1.807) is 0 Å². The van der Waals surface area contributed by atoms with Crippen LogP contribution in [0.15, 0.2) is 18.2 Å². The van der Waals surface area contributed by atoms with Crippen LogP contribution < -0.4 is 10.6 Å². The van der Waals surface area contributed by atoms with Crippen molar-refractivity contribution in [2.24, 2.45) is 11.7 Å². The molecule has 0 fully saturated rings. The second-order valence-corrected chi connectivity index (χ2v) is 5.56. The molecule has 0 saturated carbocycles. The van der Waals surface area contributed by atoms with E-state index in [2.05, 4.69) is 13.0 Å². The summed E-state index contributed by atoms with van der Waals surface area (Å²) in [5.74, 6) is -0.304. The van der Waals surface area contributed by atoms with Gasteiger partial charge in [-0.25, -0.2) is 0 Å². The Bertz CT molecular complexity index is 513. The molecule has 0 aromatic heterocycles. The third-order valence-electron chi connectivity index (χ3n) is 3.67. The first kappa shape index (κ1) is 14.0. The number of aryl methyl sites for hydroxylation is 2. The molecule has 3 nitrogen and oxygen atoms in total. The summed E-state index contributed by atoms with van der Waals surface area (Å²) in [5, 5.41) is 0. The Balaban J connectivity index is 2.33. The lowest BCUT2D eigenvalue weighted by atomic mass is 9.97. The Labute approximate surface area is 119 Å². The molecule has 1 unspecified atom stereocenters. The summed E-state index contributed by atoms with van der Waals surface area (Å²) in [6.45, 7) is 4.78. The van der Waals surface area contributed by atoms with Crippen molar-refractivity contribution in [1.29, 1.82) is 0 Å². The van der Waals surface area contributed by atoms with Gasteiger partial charge in [0.1, 0.15) is 0 Å². The van der Waals surface area contributed by atoms with Crippen LogP contribution in [0.1, 0.15) is 30.9 Å². The van der Waals surface area contributed by atoms with Crippen LogP contribution in [0.25, 0.3) is 0 Å². The van der Waals surface area contributed by atoms with Gasteiger partial charge in [-0.05, 0) is 37.8 Å². The predicted molar refractivity (Wildman–Crippen MR) is 82.4 cm³/mol. The lowest BCUT2D eigenvalue weighted by Crippen LogP contribution is -2.43. The topological polar surface area (TPSA) is 46.3 Å². The molecule has 1 aromatic rings. The molecule has 1 amide bonds. The van der Waals surface area contributed by atoms with Crippen molar-refractivity contribution < 1.29 is 4.79 Å². The highest BCUT2D eigenvalue weighted by atomic mass is 32.1. The van der Waals surface area contributed by atoms with E-state index in [0.717, 1.165) is 25.1 Å². The van der Waals surface area contributed by atoms with Crippen molar-refractivity contribution in [3.63, 3.8) is 0 Å². The first-order valence-corrected chi connectivity index (χ1v) is 7.15. The van der Waals surface area contributed by atoms with E-state index in [1.165, 1.54) is 11.1 Å². The van der Waals surface area contributed by atoms with Crippen molar-refractivity contribution in [2.75, 3.05) is 11.4 Å². The van der Waals surface area contributed by atoms with Gasteiger partial charge < -0.3 is 10.6 Å². The number of thiocarbonyl (C=S) groups is 1. The molecule has 0 radical (unpaired) electrons. The monoisotopic (exact) mass is 276 g/mol. The molecule has 1 aliphatic heterocycles. The van der Waals surface area contributed by atoms with Crippen LogP contribution in [0.3, 0.4) is 0 Å². The van der Waals surface area contributed by atoms with Crippen LogP contribution in [-0.2, 0) is 11.2 Å². The maximum atomic E-state index is 12.6. The average Bonchev–Trinajstić information content (AvgIpc) is 2.37. The SMILES string of the molecule is CCC(C(=O)N1CCCc2cc(C)ccc21)C(N)=S. The molecule has 0 spiro atoms. The molecular formula is C15H20N2OS. The van der Waals surface area contributed by atoms with Crippen molar-refractivity contribution >= 4 is 28.8 Å². The fraction of sp³-hybridized carbons (Fsp3) is 0.467. The second-order valence-electron chi connectivity index (χ2n) is 5.09. The third-order valence-corrected chi connectivity index (χ3v) is 3.95. The van der Waals surface area contributed by atoms with Gasteiger partial charge >= 0.3 is 0 Å². The lowest BCUT2D eigenvalue weighted by molar-refractivity contribution is -0.120. The summed E-state index contributed by atoms with van der Waals surface area (Å²) >= 11 is 5.01. The molecule has 1 heterocycles. The highest BCUT2D eigenvalue weighted by Crippen LogP contribution is 2.29. The van der Waals surface area contributed by atoms with Crippen LogP contribution in [0.4, 0.5) is 5.69 Å². The number of carbonyl (C=O) groups excluding carboxylic acids is 1. The van der Waals surface area contributed by atoms with Crippen molar-refractivity contribution in [3.05, 3.63) is 29.3 Å². The average molecular weight is 276 g/mol. The quantitative estimate of drug-likeness (QED) is 0.863. The van der Waals surface area contributed by atoms with Crippen LogP contribution in [0.5, 0.6) is 0 Å². The minimum Gasteiger partial charge on any atom is -0.393 e. The smallest absolute Gasteiger partial charge is 0.236 e. The van der Waals surface area contributed by atoms with Gasteiger partial charge in [0.25, 0.3) is 0 Å². The summed E-state index contributed by atoms with van der Waals surface area (Å²) < 4.78 is 0. The Kier molecular flexibility index (Phi) is 4.20. The maximum absolute atomic E-state index is 12.6. The van der Waals surface area contributed by atoms with Crippen molar-refractivity contribution in [1.82, 2.24) is 0 Å². The number of hydrogen-bond acceptors (Lipinski definition) is 2. The summed E-state index contributed by atoms with van der Waals surface area (Å²) in [7, 11) is 0. The molecule has 2 rings (SSSR count). The Morgan fingerprint density at radius 2 is 2.26 bits per heavy atom. The molecular weight excluding hydrogens is 256 g/mol. The number of fused-ring (bicyclic) bond motifs is 1. The van der Waals surface area contributed by atoms with Gasteiger partial charge in [0, 0.05) is 12.2 Å². The number of benzene rings is 1. The maximum Gasteiger partial charge on any atom is 0.236 e. The molecule has 1 atom stereocenters. The number of hydrogen-bond donors (Lipinski definition) is 1. The Morgan fingerprint density at radius 3 is 2.89 bits per heavy atom. The number of amides is 1. The van der Waals surface area contributed by atoms with Gasteiger partial charge in [-0.15, -0.1) is 0 Å². The fourth-order valence-corrected chi connectivity index (χ4v) is 2.91. The first-order valence-electron chi connectivity index (χ1n) is 6.74. The molecule has 0 bridgehead atoms. The predicted octanol–water partition coefficient (Wildman–Crippen LogP) is 2.59. The van der Waals surface area contributed by atoms with Gasteiger partial charge in [-0.2, -0.15) is 0 Å². The Morgan fingerprint density at radius 1 is 1.53 bits per heavy atom. The zero-order chi connectivity index (χ0) is 14.0. The molecule has 4 heteroatoms. The van der Waals surface area contributed by atoms with E-state index >= 15 is 0 Å². The van der Waals surface area contributed by atoms with Crippen LogP contribution >= 0.6 is 12.2 Å². The van der Waals surface area contributed by atoms with Crippen LogP contribution in [0.2, 0.25) is 0 Å². The molecule has 19 heavy (non-hydrogen) atoms. The van der Waals surface area contributed by atoms with E-state index in [1.807, 2.05) is 24.0 Å². The van der Waals surface area contributed by atoms with Gasteiger partial charge in [0.05, 0.1) is 10.9 Å². The molecule has 0 aliphatic carbocycles. The van der Waals surface area contributed by atoms with E-state index < -0.39 is 0 Å². The summed E-state index contributed by atoms with van der Waals surface area (Å²) in [5.41, 5.74) is 9.19. The van der Waals surface area contributed by atoms with Gasteiger partial charge in [0.2, 0.25) is 5.91 Å². The van der Waals surface area contributed by atoms with Gasteiger partial charge in [-0.3, -0.25) is 4.79 Å². The molecule has 2 N–H and O–H groups in total. The summed E-state index contributed by atoms with van der Waals surface area (Å²) in [6, 6.07) is 6.25. The van der Waals surface area contributed by atoms with Gasteiger partial charge in [0.15, 0.2) is 0 Å². The number of carbonyl (C=O) groups is 1. The minimum atomic E-state index is -0.345. The first-order chi connectivity index (χ1) is 9.04. The number of anilines is 1. The zero-order valence-corrected chi connectivity index (χ0v) is 12.3. The molecule has 102 valence electrons. The minimum absolute atomic E-state index is 0.0415. The van der Waals surface area contributed by atoms with E-state index in [9.17, 15) is 4.79 Å². The van der Waals surface area contributed by atoms with Gasteiger partial charge in [-0.1, -0.05) is 36.8 Å². The fourth-order valence-electron chi connectivity index (χ4n) is 2.64. The van der Waals surface area contributed by atoms with Crippen molar-refractivity contribution in [2.45, 2.75) is 33.1 Å². The van der Waals surface area contributed by atoms with E-state index in [4.69, 9.17) is 18.0 Å². The Hall–Kier alpha value is -1.42. The largest absolute Gasteiger partial charge is 0.393 e. The van der Waals surface area contributed by atoms with Crippen molar-refractivity contribution in [3.8, 4) is 0 Å². The number of nitrogens with zero attached hydrogens (tertiary/aromatic N) is 1. The van der Waals surface area contributed by atoms with E-state index in [-0.39, 0.29) is 11.8 Å². The molecule has 0 saturated heterocycles. The highest BCUT2D eigenvalue weighted by Gasteiger charge is 2.29. The summed E-state index contributed by atoms with van der Waals surface area (Å²) in [6.07, 6.45) is 2.69. The summed E-state index contributed by atoms with van der Waals surface area (Å²) in [4.78, 5) is 14.7. The zero-order valence-electron chi connectivity index (χ0n) is 11.5. The second kappa shape index (κ2) is 5.70. The normalized spacial score (nSPS) is 15.8. The highest BCUT2D eigenvalue weighted by molar-refractivity contribution is 7.80. The lowest BCUT2D eigenvalue weighted by Gasteiger charge is -2.32. The standard InChI is InChI=1S/C15H20N2OS/c1-3-12(14(16)19)15(18)17-8-4-5-11-9-10(2)6-7-13(11)17/h6-7,9,12H,3-5,8H2,1-2H3,(H2,16,19). The number of nitrogens with two attached hydrogens (primary N) is 1.